The van der Waals surface area contributed by atoms with Gasteiger partial charge >= 0.3 is 6.09 Å². The minimum atomic E-state index is -3.84. The second-order valence-corrected chi connectivity index (χ2v) is 7.96. The monoisotopic (exact) mass is 368 g/mol. The van der Waals surface area contributed by atoms with Crippen molar-refractivity contribution < 1.29 is 22.5 Å². The van der Waals surface area contributed by atoms with Crippen molar-refractivity contribution in [1.82, 2.24) is 15.5 Å². The Morgan fingerprint density at radius 3 is 2.64 bits per heavy atom. The maximum absolute atomic E-state index is 11.8. The molecule has 0 aliphatic carbocycles. The number of ether oxygens (including phenoxy) is 1. The lowest BCUT2D eigenvalue weighted by Crippen LogP contribution is -2.34. The van der Waals surface area contributed by atoms with Crippen molar-refractivity contribution in [3.8, 4) is 11.4 Å². The number of benzene rings is 1. The highest BCUT2D eigenvalue weighted by Crippen LogP contribution is 2.21. The van der Waals surface area contributed by atoms with E-state index in [-0.39, 0.29) is 16.6 Å². The molecule has 10 heteroatoms. The average Bonchev–Trinajstić information content (AvgIpc) is 2.94. The van der Waals surface area contributed by atoms with Gasteiger partial charge in [-0.1, -0.05) is 17.3 Å². The molecule has 0 saturated heterocycles. The van der Waals surface area contributed by atoms with Gasteiger partial charge in [0.25, 0.3) is 0 Å². The van der Waals surface area contributed by atoms with Crippen LogP contribution in [0.3, 0.4) is 0 Å². The summed E-state index contributed by atoms with van der Waals surface area (Å²) in [6.07, 6.45) is -0.615. The molecule has 0 fully saturated rings. The molecule has 1 atom stereocenters. The zero-order valence-corrected chi connectivity index (χ0v) is 15.1. The quantitative estimate of drug-likeness (QED) is 0.841. The van der Waals surface area contributed by atoms with Gasteiger partial charge in [0.15, 0.2) is 0 Å². The van der Waals surface area contributed by atoms with Crippen molar-refractivity contribution in [3.63, 3.8) is 0 Å². The third-order valence-electron chi connectivity index (χ3n) is 2.97. The highest BCUT2D eigenvalue weighted by molar-refractivity contribution is 7.89. The molecule has 1 unspecified atom stereocenters. The van der Waals surface area contributed by atoms with Gasteiger partial charge in [-0.3, -0.25) is 0 Å². The SMILES string of the molecule is CC(NC(=O)OC(C)(C)C)c1nc(-c2cccc(S(N)(=O)=O)c2)no1. The summed E-state index contributed by atoms with van der Waals surface area (Å²) in [5.74, 6) is 0.334. The Bertz CT molecular complexity index is 870. The van der Waals surface area contributed by atoms with Gasteiger partial charge in [-0.25, -0.2) is 18.4 Å². The number of amides is 1. The fourth-order valence-electron chi connectivity index (χ4n) is 1.89. The van der Waals surface area contributed by atoms with Crippen LogP contribution in [0, 0.1) is 0 Å². The lowest BCUT2D eigenvalue weighted by molar-refractivity contribution is 0.0499. The molecular weight excluding hydrogens is 348 g/mol. The Morgan fingerprint density at radius 1 is 1.36 bits per heavy atom. The first-order valence-electron chi connectivity index (χ1n) is 7.42. The maximum atomic E-state index is 11.8. The van der Waals surface area contributed by atoms with Gasteiger partial charge < -0.3 is 14.6 Å². The van der Waals surface area contributed by atoms with E-state index in [1.165, 1.54) is 18.2 Å². The highest BCUT2D eigenvalue weighted by Gasteiger charge is 2.22. The molecule has 1 aromatic heterocycles. The molecule has 2 rings (SSSR count). The predicted molar refractivity (Wildman–Crippen MR) is 88.9 cm³/mol. The van der Waals surface area contributed by atoms with E-state index < -0.39 is 27.8 Å². The van der Waals surface area contributed by atoms with E-state index in [9.17, 15) is 13.2 Å². The summed E-state index contributed by atoms with van der Waals surface area (Å²) in [5.41, 5.74) is -0.205. The molecule has 0 aliphatic heterocycles. The lowest BCUT2D eigenvalue weighted by Gasteiger charge is -2.20. The number of nitrogens with zero attached hydrogens (tertiary/aromatic N) is 2. The standard InChI is InChI=1S/C15H20N4O5S/c1-9(17-14(20)23-15(2,3)4)13-18-12(19-24-13)10-6-5-7-11(8-10)25(16,21)22/h5-9H,1-4H3,(H,17,20)(H2,16,21,22). The number of rotatable bonds is 4. The van der Waals surface area contributed by atoms with Gasteiger partial charge in [0.1, 0.15) is 11.6 Å². The normalized spacial score (nSPS) is 13.3. The number of carbonyl (C=O) groups excluding carboxylic acids is 1. The second kappa shape index (κ2) is 6.81. The Balaban J connectivity index is 2.16. The van der Waals surface area contributed by atoms with Crippen LogP contribution >= 0.6 is 0 Å². The van der Waals surface area contributed by atoms with E-state index in [0.717, 1.165) is 0 Å². The van der Waals surface area contributed by atoms with Crippen LogP contribution in [-0.2, 0) is 14.8 Å². The smallest absolute Gasteiger partial charge is 0.408 e. The highest BCUT2D eigenvalue weighted by atomic mass is 32.2. The van der Waals surface area contributed by atoms with Gasteiger partial charge in [0, 0.05) is 5.56 Å². The average molecular weight is 368 g/mol. The first-order valence-corrected chi connectivity index (χ1v) is 8.97. The Hall–Kier alpha value is -2.46. The summed E-state index contributed by atoms with van der Waals surface area (Å²) in [7, 11) is -3.84. The van der Waals surface area contributed by atoms with E-state index in [1.54, 1.807) is 33.8 Å². The fraction of sp³-hybridized carbons (Fsp3) is 0.400. The molecule has 0 radical (unpaired) electrons. The van der Waals surface area contributed by atoms with E-state index in [4.69, 9.17) is 14.4 Å². The third-order valence-corrected chi connectivity index (χ3v) is 3.88. The number of nitrogens with one attached hydrogen (secondary N) is 1. The summed E-state index contributed by atoms with van der Waals surface area (Å²) < 4.78 is 33.1. The molecular formula is C15H20N4O5S. The van der Waals surface area contributed by atoms with Crippen LogP contribution in [0.15, 0.2) is 33.7 Å². The van der Waals surface area contributed by atoms with Gasteiger partial charge in [-0.05, 0) is 39.8 Å². The summed E-state index contributed by atoms with van der Waals surface area (Å²) >= 11 is 0. The second-order valence-electron chi connectivity index (χ2n) is 6.40. The summed E-state index contributed by atoms with van der Waals surface area (Å²) in [6.45, 7) is 6.91. The van der Waals surface area contributed by atoms with Crippen molar-refractivity contribution >= 4 is 16.1 Å². The van der Waals surface area contributed by atoms with Crippen molar-refractivity contribution in [3.05, 3.63) is 30.2 Å². The van der Waals surface area contributed by atoms with Crippen molar-refractivity contribution in [2.45, 2.75) is 44.2 Å². The molecule has 25 heavy (non-hydrogen) atoms. The first kappa shape index (κ1) is 18.9. The van der Waals surface area contributed by atoms with Gasteiger partial charge in [-0.2, -0.15) is 4.98 Å². The van der Waals surface area contributed by atoms with Crippen molar-refractivity contribution in [2.24, 2.45) is 5.14 Å². The van der Waals surface area contributed by atoms with E-state index in [2.05, 4.69) is 15.5 Å². The zero-order valence-electron chi connectivity index (χ0n) is 14.3. The van der Waals surface area contributed by atoms with Crippen molar-refractivity contribution in [1.29, 1.82) is 0 Å². The predicted octanol–water partition coefficient (Wildman–Crippen LogP) is 1.97. The summed E-state index contributed by atoms with van der Waals surface area (Å²) in [6, 6.07) is 5.27. The van der Waals surface area contributed by atoms with Crippen LogP contribution in [-0.4, -0.2) is 30.3 Å². The van der Waals surface area contributed by atoms with Gasteiger partial charge in [0.2, 0.25) is 21.7 Å². The van der Waals surface area contributed by atoms with Crippen LogP contribution in [0.1, 0.15) is 39.6 Å². The number of hydrogen-bond donors (Lipinski definition) is 2. The number of nitrogens with two attached hydrogens (primary N) is 1. The zero-order chi connectivity index (χ0) is 18.8. The largest absolute Gasteiger partial charge is 0.444 e. The van der Waals surface area contributed by atoms with Gasteiger partial charge in [0.05, 0.1) is 4.90 Å². The summed E-state index contributed by atoms with van der Waals surface area (Å²) in [5, 5.41) is 11.5. The van der Waals surface area contributed by atoms with Gasteiger partial charge in [-0.15, -0.1) is 0 Å². The molecule has 1 aromatic carbocycles. The molecule has 1 amide bonds. The molecule has 0 bridgehead atoms. The Morgan fingerprint density at radius 2 is 2.04 bits per heavy atom. The molecule has 1 heterocycles. The number of hydrogen-bond acceptors (Lipinski definition) is 7. The van der Waals surface area contributed by atoms with Crippen LogP contribution in [0.25, 0.3) is 11.4 Å². The molecule has 0 spiro atoms. The number of alkyl carbamates (subject to hydrolysis) is 1. The minimum absolute atomic E-state index is 0.0590. The molecule has 3 N–H and O–H groups in total. The lowest BCUT2D eigenvalue weighted by atomic mass is 10.2. The fourth-order valence-corrected chi connectivity index (χ4v) is 2.45. The van der Waals surface area contributed by atoms with Crippen molar-refractivity contribution in [2.75, 3.05) is 0 Å². The van der Waals surface area contributed by atoms with E-state index >= 15 is 0 Å². The van der Waals surface area contributed by atoms with Crippen LogP contribution < -0.4 is 10.5 Å². The third kappa shape index (κ3) is 5.26. The first-order chi connectivity index (χ1) is 11.5. The number of sulfonamides is 1. The summed E-state index contributed by atoms with van der Waals surface area (Å²) in [4.78, 5) is 15.9. The molecule has 0 aliphatic rings. The topological polar surface area (TPSA) is 137 Å². The molecule has 136 valence electrons. The maximum Gasteiger partial charge on any atom is 0.408 e. The molecule has 9 nitrogen and oxygen atoms in total. The van der Waals surface area contributed by atoms with E-state index in [1.807, 2.05) is 0 Å². The van der Waals surface area contributed by atoms with Crippen LogP contribution in [0.5, 0.6) is 0 Å². The number of carbonyl (C=O) groups is 1. The minimum Gasteiger partial charge on any atom is -0.444 e. The molecule has 2 aromatic rings. The van der Waals surface area contributed by atoms with E-state index in [0.29, 0.717) is 5.56 Å². The van der Waals surface area contributed by atoms with Crippen LogP contribution in [0.2, 0.25) is 0 Å². The Labute approximate surface area is 145 Å². The van der Waals surface area contributed by atoms with Crippen LogP contribution in [0.4, 0.5) is 4.79 Å². The number of aromatic nitrogens is 2. The molecule has 0 saturated carbocycles. The Kier molecular flexibility index (Phi) is 5.14. The number of primary sulfonamides is 1.